The number of fused-ring (bicyclic) bond motifs is 1. The van der Waals surface area contributed by atoms with Crippen LogP contribution in [0.2, 0.25) is 0 Å². The van der Waals surface area contributed by atoms with Crippen molar-refractivity contribution in [3.63, 3.8) is 0 Å². The van der Waals surface area contributed by atoms with Gasteiger partial charge in [0.15, 0.2) is 0 Å². The maximum absolute atomic E-state index is 12.2. The molecule has 0 aromatic heterocycles. The lowest BCUT2D eigenvalue weighted by Crippen LogP contribution is -2.25. The molecule has 3 rings (SSSR count). The van der Waals surface area contributed by atoms with Gasteiger partial charge in [0.05, 0.1) is 13.0 Å². The van der Waals surface area contributed by atoms with Gasteiger partial charge in [0.2, 0.25) is 11.8 Å². The topological polar surface area (TPSA) is 58.6 Å². The first kappa shape index (κ1) is 18.0. The quantitative estimate of drug-likeness (QED) is 0.894. The van der Waals surface area contributed by atoms with Gasteiger partial charge < -0.3 is 15.0 Å². The molecule has 0 bridgehead atoms. The number of hydrogen-bond acceptors (Lipinski definition) is 3. The Bertz CT molecular complexity index is 845. The van der Waals surface area contributed by atoms with Gasteiger partial charge in [-0.25, -0.2) is 0 Å². The monoisotopic (exact) mass is 352 g/mol. The zero-order chi connectivity index (χ0) is 18.7. The zero-order valence-corrected chi connectivity index (χ0v) is 15.5. The number of anilines is 2. The molecule has 2 amide bonds. The second kappa shape index (κ2) is 7.60. The van der Waals surface area contributed by atoms with E-state index in [4.69, 9.17) is 4.74 Å². The summed E-state index contributed by atoms with van der Waals surface area (Å²) >= 11 is 0. The summed E-state index contributed by atoms with van der Waals surface area (Å²) in [5, 5.41) is 2.91. The van der Waals surface area contributed by atoms with Gasteiger partial charge in [-0.15, -0.1) is 0 Å². The molecule has 0 unspecified atom stereocenters. The minimum atomic E-state index is -0.0864. The van der Waals surface area contributed by atoms with E-state index < -0.39 is 0 Å². The summed E-state index contributed by atoms with van der Waals surface area (Å²) in [5.74, 6) is 0.778. The number of carbonyl (C=O) groups is 2. The van der Waals surface area contributed by atoms with Crippen LogP contribution in [0, 0.1) is 13.8 Å². The van der Waals surface area contributed by atoms with E-state index in [0.717, 1.165) is 40.2 Å². The third-order valence-electron chi connectivity index (χ3n) is 4.57. The summed E-state index contributed by atoms with van der Waals surface area (Å²) in [7, 11) is 0. The van der Waals surface area contributed by atoms with E-state index in [-0.39, 0.29) is 18.2 Å². The molecule has 1 N–H and O–H groups in total. The minimum Gasteiger partial charge on any atom is -0.493 e. The Balaban J connectivity index is 1.54. The predicted molar refractivity (Wildman–Crippen MR) is 103 cm³/mol. The van der Waals surface area contributed by atoms with Crippen molar-refractivity contribution in [2.45, 2.75) is 33.6 Å². The zero-order valence-electron chi connectivity index (χ0n) is 15.5. The van der Waals surface area contributed by atoms with E-state index in [0.29, 0.717) is 13.2 Å². The first-order valence-electron chi connectivity index (χ1n) is 8.85. The number of amides is 2. The van der Waals surface area contributed by atoms with E-state index in [1.807, 2.05) is 50.2 Å². The average Bonchev–Trinajstić information content (AvgIpc) is 3.01. The van der Waals surface area contributed by atoms with Crippen molar-refractivity contribution in [3.8, 4) is 5.75 Å². The van der Waals surface area contributed by atoms with Crippen molar-refractivity contribution in [3.05, 3.63) is 53.1 Å². The summed E-state index contributed by atoms with van der Waals surface area (Å²) in [5.41, 5.74) is 4.97. The molecule has 0 saturated heterocycles. The fourth-order valence-corrected chi connectivity index (χ4v) is 3.15. The normalized spacial score (nSPS) is 12.7. The molecule has 26 heavy (non-hydrogen) atoms. The number of benzene rings is 2. The molecule has 136 valence electrons. The highest BCUT2D eigenvalue weighted by Gasteiger charge is 2.22. The maximum atomic E-state index is 12.2. The summed E-state index contributed by atoms with van der Waals surface area (Å²) in [6.45, 7) is 6.61. The first-order valence-corrected chi connectivity index (χ1v) is 8.85. The predicted octanol–water partition coefficient (Wildman–Crippen LogP) is 3.62. The summed E-state index contributed by atoms with van der Waals surface area (Å²) in [6.07, 6.45) is 1.10. The van der Waals surface area contributed by atoms with Crippen molar-refractivity contribution in [1.29, 1.82) is 0 Å². The van der Waals surface area contributed by atoms with E-state index in [2.05, 4.69) is 5.32 Å². The lowest BCUT2D eigenvalue weighted by atomic mass is 10.1. The number of rotatable bonds is 5. The Hall–Kier alpha value is -2.82. The average molecular weight is 352 g/mol. The molecule has 0 radical (unpaired) electrons. The molecule has 1 aliphatic rings. The van der Waals surface area contributed by atoms with E-state index in [1.54, 1.807) is 11.8 Å². The molecule has 0 fully saturated rings. The van der Waals surface area contributed by atoms with E-state index in [1.165, 1.54) is 0 Å². The van der Waals surface area contributed by atoms with Crippen molar-refractivity contribution in [1.82, 2.24) is 0 Å². The molecule has 2 aromatic rings. The standard InChI is InChI=1S/C21H24N2O3/c1-14-4-5-15(2)20(12-14)26-11-9-21(25)22-18-6-7-19-17(13-18)8-10-23(19)16(3)24/h4-7,12-13H,8-11H2,1-3H3,(H,22,25). The number of ether oxygens (including phenoxy) is 1. The van der Waals surface area contributed by atoms with Gasteiger partial charge >= 0.3 is 0 Å². The third kappa shape index (κ3) is 4.04. The molecule has 0 atom stereocenters. The van der Waals surface area contributed by atoms with Crippen LogP contribution in [0.15, 0.2) is 36.4 Å². The number of hydrogen-bond donors (Lipinski definition) is 1. The fourth-order valence-electron chi connectivity index (χ4n) is 3.15. The lowest BCUT2D eigenvalue weighted by molar-refractivity contribution is -0.117. The SMILES string of the molecule is CC(=O)N1CCc2cc(NC(=O)CCOc3cc(C)ccc3C)ccc21. The molecule has 2 aromatic carbocycles. The van der Waals surface area contributed by atoms with E-state index >= 15 is 0 Å². The molecule has 5 nitrogen and oxygen atoms in total. The molecule has 0 aliphatic carbocycles. The number of nitrogens with one attached hydrogen (secondary N) is 1. The Morgan fingerprint density at radius 1 is 1.15 bits per heavy atom. The molecular formula is C21H24N2O3. The Labute approximate surface area is 154 Å². The van der Waals surface area contributed by atoms with Gasteiger partial charge in [-0.1, -0.05) is 12.1 Å². The van der Waals surface area contributed by atoms with E-state index in [9.17, 15) is 9.59 Å². The third-order valence-corrected chi connectivity index (χ3v) is 4.57. The molecule has 5 heteroatoms. The first-order chi connectivity index (χ1) is 12.4. The van der Waals surface area contributed by atoms with Crippen LogP contribution >= 0.6 is 0 Å². The number of aryl methyl sites for hydroxylation is 2. The molecule has 0 saturated carbocycles. The van der Waals surface area contributed by atoms with Crippen molar-refractivity contribution < 1.29 is 14.3 Å². The van der Waals surface area contributed by atoms with Gasteiger partial charge in [0, 0.05) is 24.8 Å². The molecule has 1 heterocycles. The van der Waals surface area contributed by atoms with Gasteiger partial charge in [0.25, 0.3) is 0 Å². The highest BCUT2D eigenvalue weighted by molar-refractivity contribution is 5.95. The van der Waals surface area contributed by atoms with Crippen LogP contribution in [0.25, 0.3) is 0 Å². The van der Waals surface area contributed by atoms with Gasteiger partial charge in [-0.2, -0.15) is 0 Å². The molecule has 0 spiro atoms. The van der Waals surface area contributed by atoms with Crippen LogP contribution in [0.4, 0.5) is 11.4 Å². The fraction of sp³-hybridized carbons (Fsp3) is 0.333. The summed E-state index contributed by atoms with van der Waals surface area (Å²) < 4.78 is 5.74. The molecular weight excluding hydrogens is 328 g/mol. The smallest absolute Gasteiger partial charge is 0.227 e. The van der Waals surface area contributed by atoms with Crippen LogP contribution in [0.1, 0.15) is 30.0 Å². The van der Waals surface area contributed by atoms with Crippen molar-refractivity contribution >= 4 is 23.2 Å². The Morgan fingerprint density at radius 2 is 1.96 bits per heavy atom. The number of carbonyl (C=O) groups excluding carboxylic acids is 2. The lowest BCUT2D eigenvalue weighted by Gasteiger charge is -2.15. The highest BCUT2D eigenvalue weighted by atomic mass is 16.5. The number of nitrogens with zero attached hydrogens (tertiary/aromatic N) is 1. The molecule has 1 aliphatic heterocycles. The van der Waals surface area contributed by atoms with Crippen LogP contribution in [0.3, 0.4) is 0 Å². The van der Waals surface area contributed by atoms with Crippen molar-refractivity contribution in [2.75, 3.05) is 23.4 Å². The summed E-state index contributed by atoms with van der Waals surface area (Å²) in [4.78, 5) is 25.5. The van der Waals surface area contributed by atoms with Crippen LogP contribution < -0.4 is 15.0 Å². The van der Waals surface area contributed by atoms with Gasteiger partial charge in [0.1, 0.15) is 5.75 Å². The van der Waals surface area contributed by atoms with Gasteiger partial charge in [-0.05, 0) is 61.2 Å². The second-order valence-corrected chi connectivity index (χ2v) is 6.68. The van der Waals surface area contributed by atoms with Crippen molar-refractivity contribution in [2.24, 2.45) is 0 Å². The highest BCUT2D eigenvalue weighted by Crippen LogP contribution is 2.30. The van der Waals surface area contributed by atoms with Crippen LogP contribution in [-0.4, -0.2) is 25.0 Å². The van der Waals surface area contributed by atoms with Crippen LogP contribution in [0.5, 0.6) is 5.75 Å². The largest absolute Gasteiger partial charge is 0.493 e. The minimum absolute atomic E-state index is 0.0455. The Kier molecular flexibility index (Phi) is 5.26. The Morgan fingerprint density at radius 3 is 2.73 bits per heavy atom. The van der Waals surface area contributed by atoms with Crippen LogP contribution in [-0.2, 0) is 16.0 Å². The second-order valence-electron chi connectivity index (χ2n) is 6.68. The summed E-state index contributed by atoms with van der Waals surface area (Å²) in [6, 6.07) is 11.7. The maximum Gasteiger partial charge on any atom is 0.227 e. The van der Waals surface area contributed by atoms with Gasteiger partial charge in [-0.3, -0.25) is 9.59 Å².